The number of nitrogens with two attached hydrogens (primary N) is 1. The van der Waals surface area contributed by atoms with Crippen LogP contribution < -0.4 is 5.73 Å². The third-order valence-electron chi connectivity index (χ3n) is 3.29. The number of aromatic nitrogens is 2. The number of hydrogen-bond acceptors (Lipinski definition) is 5. The summed E-state index contributed by atoms with van der Waals surface area (Å²) >= 11 is 0. The molecule has 1 aromatic rings. The fraction of sp³-hybridized carbons (Fsp3) is 0.833. The first kappa shape index (κ1) is 12.5. The van der Waals surface area contributed by atoms with Gasteiger partial charge in [-0.3, -0.25) is 0 Å². The molecule has 5 heteroatoms. The number of rotatable bonds is 6. The molecule has 1 heterocycles. The summed E-state index contributed by atoms with van der Waals surface area (Å²) in [6, 6.07) is 0.00904. The van der Waals surface area contributed by atoms with E-state index in [-0.39, 0.29) is 18.1 Å². The normalized spacial score (nSPS) is 21.2. The molecule has 0 aliphatic heterocycles. The van der Waals surface area contributed by atoms with E-state index in [2.05, 4.69) is 10.1 Å². The molecule has 3 unspecified atom stereocenters. The van der Waals surface area contributed by atoms with E-state index < -0.39 is 0 Å². The van der Waals surface area contributed by atoms with Crippen molar-refractivity contribution in [3.05, 3.63) is 11.7 Å². The van der Waals surface area contributed by atoms with Crippen molar-refractivity contribution < 1.29 is 9.26 Å². The van der Waals surface area contributed by atoms with Crippen LogP contribution in [-0.4, -0.2) is 22.8 Å². The van der Waals surface area contributed by atoms with Gasteiger partial charge in [0, 0.05) is 12.6 Å². The summed E-state index contributed by atoms with van der Waals surface area (Å²) in [7, 11) is 0. The summed E-state index contributed by atoms with van der Waals surface area (Å²) < 4.78 is 11.0. The van der Waals surface area contributed by atoms with Crippen LogP contribution in [0, 0.1) is 5.92 Å². The van der Waals surface area contributed by atoms with E-state index in [1.54, 1.807) is 0 Å². The molecule has 0 aromatic carbocycles. The van der Waals surface area contributed by atoms with E-state index >= 15 is 0 Å². The second-order valence-corrected chi connectivity index (χ2v) is 4.85. The molecule has 5 nitrogen and oxygen atoms in total. The highest BCUT2D eigenvalue weighted by Gasteiger charge is 2.36. The molecule has 0 bridgehead atoms. The van der Waals surface area contributed by atoms with Gasteiger partial charge >= 0.3 is 0 Å². The molecular formula is C12H21N3O2. The first-order valence-corrected chi connectivity index (χ1v) is 6.34. The fourth-order valence-corrected chi connectivity index (χ4v) is 1.77. The van der Waals surface area contributed by atoms with Gasteiger partial charge in [-0.2, -0.15) is 4.98 Å². The molecule has 1 aliphatic carbocycles. The lowest BCUT2D eigenvalue weighted by Crippen LogP contribution is -2.22. The average Bonchev–Trinajstić information content (AvgIpc) is 3.02. The predicted octanol–water partition coefficient (Wildman–Crippen LogP) is 2.01. The molecule has 0 amide bonds. The van der Waals surface area contributed by atoms with Crippen LogP contribution in [0.5, 0.6) is 0 Å². The van der Waals surface area contributed by atoms with Crippen LogP contribution >= 0.6 is 0 Å². The second kappa shape index (κ2) is 5.14. The van der Waals surface area contributed by atoms with E-state index in [1.807, 2.05) is 20.8 Å². The van der Waals surface area contributed by atoms with E-state index in [4.69, 9.17) is 15.0 Å². The SMILES string of the molecule is CCOC(c1noc(C(C)C(C)N)n1)C1CC1. The number of nitrogens with zero attached hydrogens (tertiary/aromatic N) is 2. The van der Waals surface area contributed by atoms with E-state index in [0.717, 1.165) is 0 Å². The lowest BCUT2D eigenvalue weighted by atomic mass is 10.1. The maximum atomic E-state index is 5.83. The zero-order valence-electron chi connectivity index (χ0n) is 10.7. The van der Waals surface area contributed by atoms with Gasteiger partial charge in [0.25, 0.3) is 0 Å². The second-order valence-electron chi connectivity index (χ2n) is 4.85. The Morgan fingerprint density at radius 1 is 1.47 bits per heavy atom. The van der Waals surface area contributed by atoms with E-state index in [9.17, 15) is 0 Å². The Bertz CT molecular complexity index is 360. The third-order valence-corrected chi connectivity index (χ3v) is 3.29. The van der Waals surface area contributed by atoms with Crippen LogP contribution in [0.3, 0.4) is 0 Å². The van der Waals surface area contributed by atoms with Crippen LogP contribution in [0.25, 0.3) is 0 Å². The van der Waals surface area contributed by atoms with Gasteiger partial charge in [0.2, 0.25) is 11.7 Å². The molecule has 0 radical (unpaired) electrons. The first-order valence-electron chi connectivity index (χ1n) is 6.34. The average molecular weight is 239 g/mol. The van der Waals surface area contributed by atoms with Gasteiger partial charge in [-0.15, -0.1) is 0 Å². The summed E-state index contributed by atoms with van der Waals surface area (Å²) in [6.07, 6.45) is 2.38. The Kier molecular flexibility index (Phi) is 3.79. The molecule has 0 spiro atoms. The zero-order chi connectivity index (χ0) is 12.4. The lowest BCUT2D eigenvalue weighted by Gasteiger charge is -2.12. The Morgan fingerprint density at radius 3 is 2.71 bits per heavy atom. The van der Waals surface area contributed by atoms with Gasteiger partial charge in [-0.25, -0.2) is 0 Å². The van der Waals surface area contributed by atoms with Crippen molar-refractivity contribution in [2.75, 3.05) is 6.61 Å². The van der Waals surface area contributed by atoms with Crippen LogP contribution in [0.15, 0.2) is 4.52 Å². The van der Waals surface area contributed by atoms with Gasteiger partial charge < -0.3 is 15.0 Å². The van der Waals surface area contributed by atoms with Crippen molar-refractivity contribution in [1.82, 2.24) is 10.1 Å². The van der Waals surface area contributed by atoms with Crippen LogP contribution in [0.2, 0.25) is 0 Å². The molecule has 1 aromatic heterocycles. The Balaban J connectivity index is 2.10. The summed E-state index contributed by atoms with van der Waals surface area (Å²) in [4.78, 5) is 4.43. The largest absolute Gasteiger partial charge is 0.370 e. The summed E-state index contributed by atoms with van der Waals surface area (Å²) in [6.45, 7) is 6.60. The minimum atomic E-state index is -0.00205. The smallest absolute Gasteiger partial charge is 0.231 e. The maximum Gasteiger partial charge on any atom is 0.231 e. The molecule has 1 saturated carbocycles. The standard InChI is InChI=1S/C12H21N3O2/c1-4-16-10(9-5-6-9)11-14-12(17-15-11)7(2)8(3)13/h7-10H,4-6,13H2,1-3H3. The zero-order valence-corrected chi connectivity index (χ0v) is 10.7. The quantitative estimate of drug-likeness (QED) is 0.822. The Hall–Kier alpha value is -0.940. The first-order chi connectivity index (χ1) is 8.13. The van der Waals surface area contributed by atoms with Crippen molar-refractivity contribution in [2.24, 2.45) is 11.7 Å². The highest BCUT2D eigenvalue weighted by molar-refractivity contribution is 5.01. The molecule has 1 fully saturated rings. The van der Waals surface area contributed by atoms with Gasteiger partial charge in [0.05, 0.1) is 5.92 Å². The highest BCUT2D eigenvalue weighted by atomic mass is 16.5. The molecule has 2 N–H and O–H groups in total. The highest BCUT2D eigenvalue weighted by Crippen LogP contribution is 2.42. The summed E-state index contributed by atoms with van der Waals surface area (Å²) in [5.41, 5.74) is 5.83. The number of ether oxygens (including phenoxy) is 1. The van der Waals surface area contributed by atoms with Gasteiger partial charge in [0.1, 0.15) is 6.10 Å². The maximum absolute atomic E-state index is 5.83. The Labute approximate surface area is 102 Å². The molecule has 17 heavy (non-hydrogen) atoms. The van der Waals surface area contributed by atoms with Gasteiger partial charge in [0.15, 0.2) is 0 Å². The fourth-order valence-electron chi connectivity index (χ4n) is 1.77. The van der Waals surface area contributed by atoms with Crippen LogP contribution in [0.4, 0.5) is 0 Å². The monoisotopic (exact) mass is 239 g/mol. The van der Waals surface area contributed by atoms with E-state index in [1.165, 1.54) is 12.8 Å². The Morgan fingerprint density at radius 2 is 2.18 bits per heavy atom. The lowest BCUT2D eigenvalue weighted by molar-refractivity contribution is 0.0384. The minimum absolute atomic E-state index is 0.00205. The van der Waals surface area contributed by atoms with Crippen molar-refractivity contribution in [2.45, 2.75) is 51.7 Å². The molecule has 2 rings (SSSR count). The predicted molar refractivity (Wildman–Crippen MR) is 63.5 cm³/mol. The molecule has 0 saturated heterocycles. The minimum Gasteiger partial charge on any atom is -0.370 e. The molecule has 96 valence electrons. The van der Waals surface area contributed by atoms with Crippen LogP contribution in [-0.2, 0) is 4.74 Å². The summed E-state index contributed by atoms with van der Waals surface area (Å²) in [5, 5.41) is 4.03. The van der Waals surface area contributed by atoms with Gasteiger partial charge in [-0.1, -0.05) is 12.1 Å². The topological polar surface area (TPSA) is 74.2 Å². The van der Waals surface area contributed by atoms with Crippen molar-refractivity contribution in [3.8, 4) is 0 Å². The third kappa shape index (κ3) is 2.84. The van der Waals surface area contributed by atoms with Gasteiger partial charge in [-0.05, 0) is 32.6 Å². The molecule has 1 aliphatic rings. The van der Waals surface area contributed by atoms with Crippen molar-refractivity contribution in [1.29, 1.82) is 0 Å². The number of hydrogen-bond donors (Lipinski definition) is 1. The van der Waals surface area contributed by atoms with Crippen molar-refractivity contribution in [3.63, 3.8) is 0 Å². The molecular weight excluding hydrogens is 218 g/mol. The van der Waals surface area contributed by atoms with E-state index in [0.29, 0.717) is 24.2 Å². The molecule has 3 atom stereocenters. The van der Waals surface area contributed by atoms with Crippen molar-refractivity contribution >= 4 is 0 Å². The summed E-state index contributed by atoms with van der Waals surface area (Å²) in [5.74, 6) is 1.93. The van der Waals surface area contributed by atoms with Crippen LogP contribution in [0.1, 0.15) is 57.3 Å².